The minimum Gasteiger partial charge on any atom is -0.392 e. The first-order valence-electron chi connectivity index (χ1n) is 5.83. The van der Waals surface area contributed by atoms with Crippen LogP contribution in [0.15, 0.2) is 12.2 Å². The Labute approximate surface area is 96.5 Å². The third-order valence-corrected chi connectivity index (χ3v) is 4.37. The number of aliphatic hydroxyl groups excluding tert-OH is 1. The van der Waals surface area contributed by atoms with Gasteiger partial charge >= 0.3 is 0 Å². The van der Waals surface area contributed by atoms with Gasteiger partial charge in [-0.3, -0.25) is 4.79 Å². The maximum Gasteiger partial charge on any atom is 0.152 e. The van der Waals surface area contributed by atoms with Crippen LogP contribution in [-0.2, 0) is 9.53 Å². The Hall–Kier alpha value is -0.670. The first-order valence-corrected chi connectivity index (χ1v) is 5.83. The molecule has 1 saturated carbocycles. The van der Waals surface area contributed by atoms with Crippen molar-refractivity contribution < 1.29 is 14.6 Å². The molecule has 1 N–H and O–H groups in total. The third-order valence-electron chi connectivity index (χ3n) is 4.37. The summed E-state index contributed by atoms with van der Waals surface area (Å²) in [4.78, 5) is 11.0. The zero-order valence-corrected chi connectivity index (χ0v) is 10.4. The summed E-state index contributed by atoms with van der Waals surface area (Å²) in [5.41, 5.74) is -1.02. The molecule has 1 aliphatic heterocycles. The van der Waals surface area contributed by atoms with Crippen molar-refractivity contribution in [2.75, 3.05) is 0 Å². The molecule has 0 aromatic rings. The maximum absolute atomic E-state index is 11.0. The van der Waals surface area contributed by atoms with Gasteiger partial charge < -0.3 is 9.84 Å². The summed E-state index contributed by atoms with van der Waals surface area (Å²) in [5, 5.41) is 10.1. The molecule has 1 heterocycles. The molecule has 0 bridgehead atoms. The van der Waals surface area contributed by atoms with Gasteiger partial charge in [-0.25, -0.2) is 0 Å². The van der Waals surface area contributed by atoms with Crippen molar-refractivity contribution in [2.24, 2.45) is 5.41 Å². The first kappa shape index (κ1) is 11.8. The van der Waals surface area contributed by atoms with Gasteiger partial charge in [-0.15, -0.1) is 0 Å². The predicted molar refractivity (Wildman–Crippen MR) is 61.1 cm³/mol. The van der Waals surface area contributed by atoms with Crippen LogP contribution in [0, 0.1) is 5.41 Å². The number of aliphatic hydroxyl groups is 1. The van der Waals surface area contributed by atoms with Gasteiger partial charge in [-0.05, 0) is 38.8 Å². The molecule has 3 nitrogen and oxygen atoms in total. The van der Waals surface area contributed by atoms with Crippen molar-refractivity contribution >= 4 is 5.78 Å². The molecular formula is C13H20O3. The topological polar surface area (TPSA) is 49.8 Å². The second-order valence-corrected chi connectivity index (χ2v) is 5.79. The van der Waals surface area contributed by atoms with Crippen LogP contribution in [0.2, 0.25) is 0 Å². The Morgan fingerprint density at radius 3 is 2.62 bits per heavy atom. The SMILES string of the molecule is CC(=O)/C=C\[C@@]12O[C@]1(C)CC[C@H](O)C2(C)C. The summed E-state index contributed by atoms with van der Waals surface area (Å²) in [6, 6.07) is 0. The van der Waals surface area contributed by atoms with Crippen molar-refractivity contribution in [2.45, 2.75) is 57.8 Å². The Kier molecular flexibility index (Phi) is 2.34. The van der Waals surface area contributed by atoms with E-state index in [1.54, 1.807) is 6.08 Å². The van der Waals surface area contributed by atoms with E-state index in [1.165, 1.54) is 6.92 Å². The molecule has 1 saturated heterocycles. The molecule has 3 heteroatoms. The zero-order chi connectivity index (χ0) is 12.2. The number of fused-ring (bicyclic) bond motifs is 1. The number of carbonyl (C=O) groups excluding carboxylic acids is 1. The first-order chi connectivity index (χ1) is 7.25. The molecule has 0 aromatic carbocycles. The second kappa shape index (κ2) is 3.17. The number of hydrogen-bond donors (Lipinski definition) is 1. The van der Waals surface area contributed by atoms with E-state index in [0.717, 1.165) is 12.8 Å². The largest absolute Gasteiger partial charge is 0.392 e. The van der Waals surface area contributed by atoms with Crippen LogP contribution in [0.25, 0.3) is 0 Å². The van der Waals surface area contributed by atoms with Crippen LogP contribution < -0.4 is 0 Å². The highest BCUT2D eigenvalue weighted by molar-refractivity contribution is 5.87. The molecule has 2 aliphatic rings. The summed E-state index contributed by atoms with van der Waals surface area (Å²) in [5.74, 6) is 0.0167. The van der Waals surface area contributed by atoms with Gasteiger partial charge in [0.15, 0.2) is 5.78 Å². The van der Waals surface area contributed by atoms with E-state index in [2.05, 4.69) is 6.92 Å². The van der Waals surface area contributed by atoms with Crippen molar-refractivity contribution in [3.63, 3.8) is 0 Å². The van der Waals surface area contributed by atoms with E-state index in [0.29, 0.717) is 0 Å². The molecule has 0 aromatic heterocycles. The number of epoxide rings is 1. The summed E-state index contributed by atoms with van der Waals surface area (Å²) in [6.45, 7) is 7.60. The molecule has 1 aliphatic carbocycles. The molecule has 0 radical (unpaired) electrons. The zero-order valence-electron chi connectivity index (χ0n) is 10.4. The molecule has 16 heavy (non-hydrogen) atoms. The number of ether oxygens (including phenoxy) is 1. The maximum atomic E-state index is 11.0. The number of allylic oxidation sites excluding steroid dienone is 1. The molecule has 0 spiro atoms. The van der Waals surface area contributed by atoms with Crippen molar-refractivity contribution in [3.05, 3.63) is 12.2 Å². The number of ketones is 1. The standard InChI is InChI=1S/C13H20O3/c1-9(14)5-8-13-11(2,3)10(15)6-7-12(13,4)16-13/h5,8,10,15H,6-7H2,1-4H3/b8-5-/t10-,12+,13-/m0/s1. The fraction of sp³-hybridized carbons (Fsp3) is 0.769. The van der Waals surface area contributed by atoms with E-state index in [9.17, 15) is 9.90 Å². The van der Waals surface area contributed by atoms with E-state index in [-0.39, 0.29) is 22.9 Å². The van der Waals surface area contributed by atoms with E-state index < -0.39 is 5.60 Å². The summed E-state index contributed by atoms with van der Waals surface area (Å²) < 4.78 is 5.89. The van der Waals surface area contributed by atoms with Crippen LogP contribution >= 0.6 is 0 Å². The minimum absolute atomic E-state index is 0.0167. The molecule has 2 rings (SSSR count). The van der Waals surface area contributed by atoms with E-state index in [1.807, 2.05) is 19.9 Å². The Bertz CT molecular complexity index is 358. The second-order valence-electron chi connectivity index (χ2n) is 5.79. The highest BCUT2D eigenvalue weighted by Gasteiger charge is 2.75. The average Bonchev–Trinajstić information content (AvgIpc) is 2.80. The lowest BCUT2D eigenvalue weighted by Crippen LogP contribution is -2.49. The lowest BCUT2D eigenvalue weighted by Gasteiger charge is -2.40. The molecule has 0 amide bonds. The van der Waals surface area contributed by atoms with Crippen molar-refractivity contribution in [3.8, 4) is 0 Å². The molecule has 90 valence electrons. The van der Waals surface area contributed by atoms with Gasteiger partial charge in [-0.2, -0.15) is 0 Å². The smallest absolute Gasteiger partial charge is 0.152 e. The number of hydrogen-bond acceptors (Lipinski definition) is 3. The predicted octanol–water partition coefficient (Wildman–Crippen LogP) is 1.84. The molecule has 0 unspecified atom stereocenters. The Morgan fingerprint density at radius 2 is 2.06 bits per heavy atom. The van der Waals surface area contributed by atoms with Crippen LogP contribution in [0.1, 0.15) is 40.5 Å². The fourth-order valence-electron chi connectivity index (χ4n) is 3.06. The van der Waals surface area contributed by atoms with Gasteiger partial charge in [0.2, 0.25) is 0 Å². The third kappa shape index (κ3) is 1.31. The highest BCUT2D eigenvalue weighted by Crippen LogP contribution is 2.65. The van der Waals surface area contributed by atoms with Crippen LogP contribution in [0.4, 0.5) is 0 Å². The van der Waals surface area contributed by atoms with Crippen molar-refractivity contribution in [1.29, 1.82) is 0 Å². The normalized spacial score (nSPS) is 45.4. The van der Waals surface area contributed by atoms with Gasteiger partial charge in [0.05, 0.1) is 11.7 Å². The lowest BCUT2D eigenvalue weighted by atomic mass is 9.62. The van der Waals surface area contributed by atoms with Gasteiger partial charge in [0, 0.05) is 5.41 Å². The summed E-state index contributed by atoms with van der Waals surface area (Å²) in [7, 11) is 0. The molecular weight excluding hydrogens is 204 g/mol. The average molecular weight is 224 g/mol. The highest BCUT2D eigenvalue weighted by atomic mass is 16.6. The summed E-state index contributed by atoms with van der Waals surface area (Å²) >= 11 is 0. The number of rotatable bonds is 2. The number of carbonyl (C=O) groups is 1. The fourth-order valence-corrected chi connectivity index (χ4v) is 3.06. The molecule has 2 fully saturated rings. The summed E-state index contributed by atoms with van der Waals surface area (Å²) in [6.07, 6.45) is 4.64. The quantitative estimate of drug-likeness (QED) is 0.575. The Morgan fingerprint density at radius 1 is 1.44 bits per heavy atom. The van der Waals surface area contributed by atoms with Gasteiger partial charge in [0.25, 0.3) is 0 Å². The minimum atomic E-state index is -0.469. The van der Waals surface area contributed by atoms with E-state index in [4.69, 9.17) is 4.74 Å². The van der Waals surface area contributed by atoms with Crippen LogP contribution in [0.3, 0.4) is 0 Å². The Balaban J connectivity index is 2.35. The lowest BCUT2D eigenvalue weighted by molar-refractivity contribution is -0.112. The van der Waals surface area contributed by atoms with Crippen LogP contribution in [-0.4, -0.2) is 28.2 Å². The van der Waals surface area contributed by atoms with E-state index >= 15 is 0 Å². The van der Waals surface area contributed by atoms with Crippen LogP contribution in [0.5, 0.6) is 0 Å². The van der Waals surface area contributed by atoms with Gasteiger partial charge in [0.1, 0.15) is 5.60 Å². The van der Waals surface area contributed by atoms with Gasteiger partial charge in [-0.1, -0.05) is 13.8 Å². The molecule has 3 atom stereocenters. The monoisotopic (exact) mass is 224 g/mol. The van der Waals surface area contributed by atoms with Crippen molar-refractivity contribution in [1.82, 2.24) is 0 Å².